The largest absolute Gasteiger partial charge is 0.490 e. The maximum Gasteiger partial charge on any atom is 0.490 e. The van der Waals surface area contributed by atoms with Gasteiger partial charge in [0.25, 0.3) is 0 Å². The Morgan fingerprint density at radius 3 is 2.55 bits per heavy atom. The molecule has 14 heteroatoms. The van der Waals surface area contributed by atoms with E-state index < -0.39 is 24.1 Å². The van der Waals surface area contributed by atoms with Crippen molar-refractivity contribution in [3.63, 3.8) is 0 Å². The molecule has 4 aromatic heterocycles. The standard InChI is InChI=1S/C22H19FN6O2.C2HF3O2/c23-17-4-5-18(25-12-17)10-21(30)28-8-9-31-19(14-28)22-26-20-6-3-16(13-29(20)27-22)15-2-1-7-24-11-15;3-2(4,5)1(6)7/h1-7,11-13,19H,8-10,14H2;(H,6,7). The Kier molecular flexibility index (Phi) is 7.90. The number of ether oxygens (including phenoxy) is 1. The van der Waals surface area contributed by atoms with Gasteiger partial charge in [0.1, 0.15) is 11.9 Å². The van der Waals surface area contributed by atoms with Gasteiger partial charge in [-0.25, -0.2) is 18.7 Å². The molecule has 5 heterocycles. The molecule has 0 radical (unpaired) electrons. The van der Waals surface area contributed by atoms with Gasteiger partial charge in [-0.1, -0.05) is 6.07 Å². The number of hydrogen-bond acceptors (Lipinski definition) is 7. The lowest BCUT2D eigenvalue weighted by atomic mass is 10.1. The zero-order valence-corrected chi connectivity index (χ0v) is 19.5. The fraction of sp³-hybridized carbons (Fsp3) is 0.250. The lowest BCUT2D eigenvalue weighted by molar-refractivity contribution is -0.192. The molecule has 0 aromatic carbocycles. The van der Waals surface area contributed by atoms with E-state index >= 15 is 0 Å². The van der Waals surface area contributed by atoms with Crippen LogP contribution in [-0.4, -0.2) is 72.3 Å². The molecule has 0 aliphatic carbocycles. The minimum Gasteiger partial charge on any atom is -0.475 e. The van der Waals surface area contributed by atoms with Gasteiger partial charge in [0.15, 0.2) is 11.5 Å². The first-order valence-corrected chi connectivity index (χ1v) is 11.2. The maximum atomic E-state index is 13.0. The van der Waals surface area contributed by atoms with Gasteiger partial charge in [-0.05, 0) is 30.3 Å². The molecular weight excluding hydrogens is 512 g/mol. The Bertz CT molecular complexity index is 1410. The third-order valence-corrected chi connectivity index (χ3v) is 5.41. The average molecular weight is 532 g/mol. The minimum atomic E-state index is -5.08. The number of carboxylic acid groups (broad SMARTS) is 1. The van der Waals surface area contributed by atoms with Gasteiger partial charge >= 0.3 is 12.1 Å². The molecule has 1 fully saturated rings. The molecule has 198 valence electrons. The van der Waals surface area contributed by atoms with E-state index in [1.165, 1.54) is 12.1 Å². The van der Waals surface area contributed by atoms with Crippen LogP contribution in [0.3, 0.4) is 0 Å². The highest BCUT2D eigenvalue weighted by Crippen LogP contribution is 2.23. The second-order valence-corrected chi connectivity index (χ2v) is 8.08. The molecular formula is C24H20F4N6O4. The van der Waals surface area contributed by atoms with Gasteiger partial charge in [0.2, 0.25) is 5.91 Å². The molecule has 0 saturated carbocycles. The van der Waals surface area contributed by atoms with Crippen molar-refractivity contribution in [2.24, 2.45) is 0 Å². The zero-order valence-electron chi connectivity index (χ0n) is 19.5. The predicted octanol–water partition coefficient (Wildman–Crippen LogP) is 3.10. The molecule has 0 bridgehead atoms. The monoisotopic (exact) mass is 532 g/mol. The highest BCUT2D eigenvalue weighted by Gasteiger charge is 2.38. The van der Waals surface area contributed by atoms with Gasteiger partial charge in [-0.15, -0.1) is 5.10 Å². The van der Waals surface area contributed by atoms with Crippen LogP contribution in [0.25, 0.3) is 16.8 Å². The van der Waals surface area contributed by atoms with Crippen molar-refractivity contribution in [1.82, 2.24) is 29.5 Å². The van der Waals surface area contributed by atoms with Gasteiger partial charge < -0.3 is 14.7 Å². The van der Waals surface area contributed by atoms with E-state index in [-0.39, 0.29) is 12.3 Å². The molecule has 1 aliphatic rings. The van der Waals surface area contributed by atoms with Crippen molar-refractivity contribution < 1.29 is 37.0 Å². The van der Waals surface area contributed by atoms with Crippen molar-refractivity contribution in [2.75, 3.05) is 19.7 Å². The quantitative estimate of drug-likeness (QED) is 0.398. The molecule has 1 aliphatic heterocycles. The number of aromatic nitrogens is 5. The number of amides is 1. The Hall–Kier alpha value is -4.46. The minimum absolute atomic E-state index is 0.0879. The highest BCUT2D eigenvalue weighted by atomic mass is 19.4. The number of carbonyl (C=O) groups is 2. The number of aliphatic carboxylic acids is 1. The van der Waals surface area contributed by atoms with E-state index in [1.54, 1.807) is 21.8 Å². The van der Waals surface area contributed by atoms with E-state index in [0.29, 0.717) is 36.9 Å². The Balaban J connectivity index is 0.000000426. The van der Waals surface area contributed by atoms with Gasteiger partial charge in [-0.2, -0.15) is 13.2 Å². The Morgan fingerprint density at radius 2 is 1.89 bits per heavy atom. The second kappa shape index (κ2) is 11.3. The number of alkyl halides is 3. The molecule has 1 N–H and O–H groups in total. The van der Waals surface area contributed by atoms with Gasteiger partial charge in [0, 0.05) is 42.0 Å². The molecule has 4 aromatic rings. The summed E-state index contributed by atoms with van der Waals surface area (Å²) in [5, 5.41) is 11.7. The fourth-order valence-electron chi connectivity index (χ4n) is 3.55. The van der Waals surface area contributed by atoms with Crippen LogP contribution in [0.1, 0.15) is 17.6 Å². The van der Waals surface area contributed by atoms with E-state index in [2.05, 4.69) is 20.1 Å². The summed E-state index contributed by atoms with van der Waals surface area (Å²) >= 11 is 0. The van der Waals surface area contributed by atoms with Crippen molar-refractivity contribution in [1.29, 1.82) is 0 Å². The molecule has 0 spiro atoms. The molecule has 5 rings (SSSR count). The summed E-state index contributed by atoms with van der Waals surface area (Å²) in [4.78, 5) is 36.0. The highest BCUT2D eigenvalue weighted by molar-refractivity contribution is 5.78. The third-order valence-electron chi connectivity index (χ3n) is 5.41. The predicted molar refractivity (Wildman–Crippen MR) is 123 cm³/mol. The van der Waals surface area contributed by atoms with Crippen LogP contribution in [0.5, 0.6) is 0 Å². The normalized spacial score (nSPS) is 15.6. The van der Waals surface area contributed by atoms with Gasteiger partial charge in [-0.3, -0.25) is 14.8 Å². The van der Waals surface area contributed by atoms with Crippen molar-refractivity contribution in [3.05, 3.63) is 78.5 Å². The summed E-state index contributed by atoms with van der Waals surface area (Å²) in [6.45, 7) is 1.23. The lowest BCUT2D eigenvalue weighted by Gasteiger charge is -2.31. The van der Waals surface area contributed by atoms with E-state index in [4.69, 9.17) is 14.6 Å². The number of halogens is 4. The summed E-state index contributed by atoms with van der Waals surface area (Å²) in [5.74, 6) is -2.74. The molecule has 1 amide bonds. The summed E-state index contributed by atoms with van der Waals surface area (Å²) in [6.07, 6.45) is 1.15. The van der Waals surface area contributed by atoms with Crippen molar-refractivity contribution in [3.8, 4) is 11.1 Å². The first kappa shape index (κ1) is 26.6. The number of carboxylic acids is 1. The number of rotatable bonds is 4. The Morgan fingerprint density at radius 1 is 1.11 bits per heavy atom. The second-order valence-electron chi connectivity index (χ2n) is 8.08. The lowest BCUT2D eigenvalue weighted by Crippen LogP contribution is -2.43. The van der Waals surface area contributed by atoms with Crippen LogP contribution in [-0.2, 0) is 20.7 Å². The van der Waals surface area contributed by atoms with Crippen LogP contribution in [0, 0.1) is 5.82 Å². The summed E-state index contributed by atoms with van der Waals surface area (Å²) < 4.78 is 52.3. The van der Waals surface area contributed by atoms with Crippen molar-refractivity contribution >= 4 is 17.5 Å². The third kappa shape index (κ3) is 6.64. The average Bonchev–Trinajstić information content (AvgIpc) is 3.34. The number of carbonyl (C=O) groups excluding carboxylic acids is 1. The van der Waals surface area contributed by atoms with Crippen LogP contribution in [0.2, 0.25) is 0 Å². The summed E-state index contributed by atoms with van der Waals surface area (Å²) in [5.41, 5.74) is 3.19. The first-order valence-electron chi connectivity index (χ1n) is 11.2. The number of morpholine rings is 1. The number of hydrogen-bond donors (Lipinski definition) is 1. The van der Waals surface area contributed by atoms with E-state index in [9.17, 15) is 22.4 Å². The zero-order chi connectivity index (χ0) is 27.3. The molecule has 1 saturated heterocycles. The number of nitrogens with zero attached hydrogens (tertiary/aromatic N) is 6. The number of pyridine rings is 3. The van der Waals surface area contributed by atoms with E-state index in [0.717, 1.165) is 17.3 Å². The van der Waals surface area contributed by atoms with Gasteiger partial charge in [0.05, 0.1) is 25.8 Å². The SMILES string of the molecule is O=C(Cc1ccc(F)cn1)N1CCOC(c2nc3ccc(-c4cccnc4)cn3n2)C1.O=C(O)C(F)(F)F. The molecule has 10 nitrogen and oxygen atoms in total. The molecule has 1 unspecified atom stereocenters. The fourth-order valence-corrected chi connectivity index (χ4v) is 3.55. The molecule has 38 heavy (non-hydrogen) atoms. The maximum absolute atomic E-state index is 13.0. The smallest absolute Gasteiger partial charge is 0.475 e. The summed E-state index contributed by atoms with van der Waals surface area (Å²) in [6, 6.07) is 10.6. The molecule has 1 atom stereocenters. The van der Waals surface area contributed by atoms with Crippen LogP contribution >= 0.6 is 0 Å². The topological polar surface area (TPSA) is 123 Å². The van der Waals surface area contributed by atoms with E-state index in [1.807, 2.05) is 30.5 Å². The first-order chi connectivity index (χ1) is 18.1. The Labute approximate surface area is 212 Å². The number of fused-ring (bicyclic) bond motifs is 1. The van der Waals surface area contributed by atoms with Crippen molar-refractivity contribution in [2.45, 2.75) is 18.7 Å². The summed E-state index contributed by atoms with van der Waals surface area (Å²) in [7, 11) is 0. The van der Waals surface area contributed by atoms with Crippen LogP contribution in [0.4, 0.5) is 17.6 Å². The van der Waals surface area contributed by atoms with Crippen LogP contribution < -0.4 is 0 Å². The van der Waals surface area contributed by atoms with Crippen LogP contribution in [0.15, 0.2) is 61.2 Å².